The third-order valence-corrected chi connectivity index (χ3v) is 4.79. The number of halogens is 1. The molecule has 0 aliphatic carbocycles. The summed E-state index contributed by atoms with van der Waals surface area (Å²) in [6.45, 7) is 2.35. The molecule has 0 saturated carbocycles. The number of urea groups is 1. The number of amides is 2. The Morgan fingerprint density at radius 1 is 1.11 bits per heavy atom. The van der Waals surface area contributed by atoms with Crippen LogP contribution in [0.25, 0.3) is 0 Å². The first kappa shape index (κ1) is 19.9. The van der Waals surface area contributed by atoms with E-state index in [-0.39, 0.29) is 11.5 Å². The Bertz CT molecular complexity index is 764. The van der Waals surface area contributed by atoms with Crippen molar-refractivity contribution >= 4 is 11.7 Å². The second kappa shape index (κ2) is 9.38. The molecule has 2 aromatic carbocycles. The van der Waals surface area contributed by atoms with Gasteiger partial charge in [-0.15, -0.1) is 0 Å². The lowest BCUT2D eigenvalue weighted by molar-refractivity contribution is -0.00618. The van der Waals surface area contributed by atoms with Crippen LogP contribution in [0.5, 0.6) is 11.5 Å². The van der Waals surface area contributed by atoms with Crippen molar-refractivity contribution in [2.45, 2.75) is 25.0 Å². The van der Waals surface area contributed by atoms with Crippen molar-refractivity contribution in [3.63, 3.8) is 0 Å². The molecule has 7 nitrogen and oxygen atoms in total. The van der Waals surface area contributed by atoms with Gasteiger partial charge >= 0.3 is 6.03 Å². The van der Waals surface area contributed by atoms with Crippen LogP contribution < -0.4 is 15.6 Å². The lowest BCUT2D eigenvalue weighted by Gasteiger charge is -2.28. The Balaban J connectivity index is 1.68. The number of rotatable bonds is 7. The number of benzene rings is 2. The predicted molar refractivity (Wildman–Crippen MR) is 103 cm³/mol. The summed E-state index contributed by atoms with van der Waals surface area (Å²) in [5.41, 5.74) is 1.07. The summed E-state index contributed by atoms with van der Waals surface area (Å²) >= 11 is 0. The molecule has 1 heterocycles. The molecule has 28 heavy (non-hydrogen) atoms. The highest BCUT2D eigenvalue weighted by Gasteiger charge is 2.26. The lowest BCUT2D eigenvalue weighted by Crippen LogP contribution is -2.48. The molecule has 0 bridgehead atoms. The van der Waals surface area contributed by atoms with Crippen LogP contribution in [0.3, 0.4) is 0 Å². The average Bonchev–Trinajstić information content (AvgIpc) is 3.21. The van der Waals surface area contributed by atoms with Gasteiger partial charge in [0.1, 0.15) is 11.9 Å². The molecule has 4 N–H and O–H groups in total. The topological polar surface area (TPSA) is 94.1 Å². The van der Waals surface area contributed by atoms with Gasteiger partial charge in [-0.3, -0.25) is 4.94 Å². The molecule has 0 aromatic heterocycles. The summed E-state index contributed by atoms with van der Waals surface area (Å²) in [6, 6.07) is 11.1. The largest absolute Gasteiger partial charge is 0.508 e. The van der Waals surface area contributed by atoms with Crippen LogP contribution in [0.1, 0.15) is 24.5 Å². The molecule has 2 amide bonds. The van der Waals surface area contributed by atoms with Crippen LogP contribution in [0.4, 0.5) is 15.0 Å². The minimum Gasteiger partial charge on any atom is -0.508 e. The third-order valence-electron chi connectivity index (χ3n) is 4.79. The van der Waals surface area contributed by atoms with Gasteiger partial charge < -0.3 is 25.7 Å². The van der Waals surface area contributed by atoms with E-state index in [1.165, 1.54) is 36.4 Å². The van der Waals surface area contributed by atoms with E-state index in [1.807, 2.05) is 0 Å². The summed E-state index contributed by atoms with van der Waals surface area (Å²) in [5.74, 6) is 0.152. The highest BCUT2D eigenvalue weighted by atomic mass is 19.3. The SMILES string of the molecule is O=C(Nc1ccc(OF)cc1)N[C@H](CN1CCCC1)[C@H](O)c1ccc(O)cc1. The van der Waals surface area contributed by atoms with E-state index in [0.717, 1.165) is 25.9 Å². The number of hydrogen-bond donors (Lipinski definition) is 4. The zero-order valence-corrected chi connectivity index (χ0v) is 15.3. The molecular weight excluding hydrogens is 365 g/mol. The summed E-state index contributed by atoms with van der Waals surface area (Å²) < 4.78 is 12.1. The maximum Gasteiger partial charge on any atom is 0.319 e. The fraction of sp³-hybridized carbons (Fsp3) is 0.350. The molecule has 0 spiro atoms. The number of aromatic hydroxyl groups is 1. The highest BCUT2D eigenvalue weighted by Crippen LogP contribution is 2.22. The monoisotopic (exact) mass is 389 g/mol. The maximum absolute atomic E-state index is 12.4. The van der Waals surface area contributed by atoms with Crippen LogP contribution >= 0.6 is 0 Å². The molecule has 150 valence electrons. The zero-order valence-electron chi connectivity index (χ0n) is 15.3. The Morgan fingerprint density at radius 3 is 2.36 bits per heavy atom. The second-order valence-electron chi connectivity index (χ2n) is 6.85. The van der Waals surface area contributed by atoms with E-state index in [9.17, 15) is 19.5 Å². The van der Waals surface area contributed by atoms with E-state index in [0.29, 0.717) is 17.8 Å². The van der Waals surface area contributed by atoms with Crippen molar-refractivity contribution in [2.24, 2.45) is 0 Å². The Hall–Kier alpha value is -2.84. The number of nitrogens with zero attached hydrogens (tertiary/aromatic N) is 1. The molecule has 1 aliphatic rings. The molecule has 3 rings (SSSR count). The smallest absolute Gasteiger partial charge is 0.319 e. The quantitative estimate of drug-likeness (QED) is 0.584. The van der Waals surface area contributed by atoms with Gasteiger partial charge in [-0.2, -0.15) is 0 Å². The molecule has 2 atom stereocenters. The van der Waals surface area contributed by atoms with Crippen molar-refractivity contribution in [3.05, 3.63) is 54.1 Å². The standard InChI is InChI=1S/C20H24FN3O4/c21-28-17-9-5-15(6-10-17)22-20(27)23-18(13-24-11-1-2-12-24)19(26)14-3-7-16(25)8-4-14/h3-10,18-19,25-26H,1-2,11-13H2,(H2,22,23,27)/t18-,19-/m1/s1. The van der Waals surface area contributed by atoms with Gasteiger partial charge in [0.15, 0.2) is 5.75 Å². The number of phenolic OH excluding ortho intramolecular Hbond substituents is 1. The molecule has 1 saturated heterocycles. The molecule has 8 heteroatoms. The fourth-order valence-electron chi connectivity index (χ4n) is 3.30. The number of aliphatic hydroxyl groups excluding tert-OH is 1. The van der Waals surface area contributed by atoms with E-state index >= 15 is 0 Å². The number of aliphatic hydroxyl groups is 1. The molecule has 1 aliphatic heterocycles. The van der Waals surface area contributed by atoms with Crippen LogP contribution in [0, 0.1) is 0 Å². The minimum absolute atomic E-state index is 0.0422. The number of hydrogen-bond acceptors (Lipinski definition) is 5. The van der Waals surface area contributed by atoms with Crippen molar-refractivity contribution in [3.8, 4) is 11.5 Å². The number of likely N-dealkylation sites (tertiary alicyclic amines) is 1. The fourth-order valence-corrected chi connectivity index (χ4v) is 3.30. The first-order chi connectivity index (χ1) is 13.5. The number of phenols is 1. The third kappa shape index (κ3) is 5.34. The molecular formula is C20H24FN3O4. The van der Waals surface area contributed by atoms with Gasteiger partial charge in [-0.1, -0.05) is 12.1 Å². The first-order valence-electron chi connectivity index (χ1n) is 9.20. The number of nitrogens with one attached hydrogen (secondary N) is 2. The molecule has 2 aromatic rings. The van der Waals surface area contributed by atoms with E-state index in [1.54, 1.807) is 12.1 Å². The summed E-state index contributed by atoms with van der Waals surface area (Å²) in [7, 11) is 0. The van der Waals surface area contributed by atoms with Crippen molar-refractivity contribution in [1.82, 2.24) is 10.2 Å². The van der Waals surface area contributed by atoms with E-state index in [2.05, 4.69) is 20.5 Å². The summed E-state index contributed by atoms with van der Waals surface area (Å²) in [5, 5.41) is 25.7. The zero-order chi connectivity index (χ0) is 19.9. The van der Waals surface area contributed by atoms with Crippen molar-refractivity contribution < 1.29 is 24.5 Å². The van der Waals surface area contributed by atoms with Gasteiger partial charge in [0.25, 0.3) is 0 Å². The Labute approximate surface area is 162 Å². The predicted octanol–water partition coefficient (Wildman–Crippen LogP) is 2.98. The van der Waals surface area contributed by atoms with Gasteiger partial charge in [0.2, 0.25) is 0 Å². The summed E-state index contributed by atoms with van der Waals surface area (Å²) in [4.78, 5) is 18.3. The average molecular weight is 389 g/mol. The minimum atomic E-state index is -0.936. The van der Waals surface area contributed by atoms with Crippen molar-refractivity contribution in [1.29, 1.82) is 0 Å². The molecule has 1 fully saturated rings. The number of carbonyl (C=O) groups is 1. The normalized spacial score (nSPS) is 16.4. The number of carbonyl (C=O) groups excluding carboxylic acids is 1. The summed E-state index contributed by atoms with van der Waals surface area (Å²) in [6.07, 6.45) is 1.25. The van der Waals surface area contributed by atoms with Gasteiger partial charge in [0.05, 0.1) is 6.04 Å². The Kier molecular flexibility index (Phi) is 6.67. The number of anilines is 1. The molecule has 0 unspecified atom stereocenters. The first-order valence-corrected chi connectivity index (χ1v) is 9.20. The van der Waals surface area contributed by atoms with Crippen LogP contribution in [0.15, 0.2) is 48.5 Å². The van der Waals surface area contributed by atoms with Gasteiger partial charge in [-0.25, -0.2) is 4.79 Å². The van der Waals surface area contributed by atoms with E-state index < -0.39 is 18.2 Å². The van der Waals surface area contributed by atoms with Crippen LogP contribution in [-0.2, 0) is 0 Å². The highest BCUT2D eigenvalue weighted by molar-refractivity contribution is 5.89. The van der Waals surface area contributed by atoms with Gasteiger partial charge in [0, 0.05) is 16.8 Å². The van der Waals surface area contributed by atoms with E-state index in [4.69, 9.17) is 0 Å². The second-order valence-corrected chi connectivity index (χ2v) is 6.85. The van der Waals surface area contributed by atoms with Crippen LogP contribution in [0.2, 0.25) is 0 Å². The lowest BCUT2D eigenvalue weighted by atomic mass is 10.0. The maximum atomic E-state index is 12.4. The van der Waals surface area contributed by atoms with Gasteiger partial charge in [-0.05, 0) is 67.9 Å². The van der Waals surface area contributed by atoms with Crippen LogP contribution in [-0.4, -0.2) is 46.8 Å². The van der Waals surface area contributed by atoms with Crippen molar-refractivity contribution in [2.75, 3.05) is 25.0 Å². The Morgan fingerprint density at radius 2 is 1.75 bits per heavy atom. The molecule has 0 radical (unpaired) electrons.